The summed E-state index contributed by atoms with van der Waals surface area (Å²) >= 11 is 0. The largest absolute Gasteiger partial charge is 0.353 e. The molecule has 0 rings (SSSR count). The molecule has 13 heavy (non-hydrogen) atoms. The monoisotopic (exact) mass is 187 g/mol. The van der Waals surface area contributed by atoms with E-state index >= 15 is 0 Å². The molecular weight excluding hydrogens is 166 g/mol. The molecule has 0 radical (unpaired) electrons. The van der Waals surface area contributed by atoms with Gasteiger partial charge in [0.2, 0.25) is 5.91 Å². The van der Waals surface area contributed by atoms with Crippen molar-refractivity contribution < 1.29 is 4.79 Å². The molecule has 78 valence electrons. The van der Waals surface area contributed by atoms with Crippen molar-refractivity contribution in [3.63, 3.8) is 0 Å². The average molecular weight is 187 g/mol. The summed E-state index contributed by atoms with van der Waals surface area (Å²) in [6.07, 6.45) is 0.690. The lowest BCUT2D eigenvalue weighted by atomic mass is 10.2. The topological polar surface area (TPSA) is 58.4 Å². The Morgan fingerprint density at radius 3 is 2.62 bits per heavy atom. The third-order valence-corrected chi connectivity index (χ3v) is 2.11. The second kappa shape index (κ2) is 6.86. The van der Waals surface area contributed by atoms with Crippen LogP contribution >= 0.6 is 0 Å². The molecule has 1 amide bonds. The van der Waals surface area contributed by atoms with Crippen LogP contribution in [0.1, 0.15) is 20.3 Å². The minimum Gasteiger partial charge on any atom is -0.353 e. The van der Waals surface area contributed by atoms with Gasteiger partial charge in [-0.3, -0.25) is 4.79 Å². The lowest BCUT2D eigenvalue weighted by Gasteiger charge is -2.15. The van der Waals surface area contributed by atoms with Gasteiger partial charge in [0.1, 0.15) is 0 Å². The van der Waals surface area contributed by atoms with E-state index in [9.17, 15) is 4.79 Å². The van der Waals surface area contributed by atoms with Gasteiger partial charge in [-0.15, -0.1) is 0 Å². The van der Waals surface area contributed by atoms with Gasteiger partial charge in [0.15, 0.2) is 0 Å². The highest BCUT2D eigenvalue weighted by atomic mass is 16.2. The maximum absolute atomic E-state index is 11.2. The third-order valence-electron chi connectivity index (χ3n) is 2.11. The Morgan fingerprint density at radius 2 is 2.15 bits per heavy atom. The molecule has 0 heterocycles. The summed E-state index contributed by atoms with van der Waals surface area (Å²) in [7, 11) is 2.02. The van der Waals surface area contributed by atoms with Gasteiger partial charge in [0.05, 0.1) is 6.04 Å². The summed E-state index contributed by atoms with van der Waals surface area (Å²) in [5.74, 6) is -0.0491. The highest BCUT2D eigenvalue weighted by Gasteiger charge is 2.09. The van der Waals surface area contributed by atoms with Gasteiger partial charge < -0.3 is 16.0 Å². The number of hydrogen-bond acceptors (Lipinski definition) is 3. The molecule has 1 atom stereocenters. The lowest BCUT2D eigenvalue weighted by molar-refractivity contribution is -0.122. The first-order chi connectivity index (χ1) is 6.11. The van der Waals surface area contributed by atoms with Crippen LogP contribution in [0, 0.1) is 0 Å². The standard InChI is InChI=1S/C9H21N3O/c1-4-8(10)9(13)11-6-7-12(3)5-2/h8H,4-7,10H2,1-3H3,(H,11,13)/t8-/m0/s1. The average Bonchev–Trinajstić information content (AvgIpc) is 2.15. The van der Waals surface area contributed by atoms with Crippen molar-refractivity contribution >= 4 is 5.91 Å². The van der Waals surface area contributed by atoms with Crippen LogP contribution in [-0.2, 0) is 4.79 Å². The van der Waals surface area contributed by atoms with E-state index < -0.39 is 0 Å². The fraction of sp³-hybridized carbons (Fsp3) is 0.889. The first-order valence-electron chi connectivity index (χ1n) is 4.83. The highest BCUT2D eigenvalue weighted by Crippen LogP contribution is 1.85. The number of likely N-dealkylation sites (N-methyl/N-ethyl adjacent to an activating group) is 1. The van der Waals surface area contributed by atoms with Crippen molar-refractivity contribution in [3.05, 3.63) is 0 Å². The second-order valence-corrected chi connectivity index (χ2v) is 3.20. The summed E-state index contributed by atoms with van der Waals surface area (Å²) in [6, 6.07) is -0.355. The Balaban J connectivity index is 3.47. The summed E-state index contributed by atoms with van der Waals surface area (Å²) in [6.45, 7) is 6.53. The van der Waals surface area contributed by atoms with E-state index in [0.29, 0.717) is 13.0 Å². The highest BCUT2D eigenvalue weighted by molar-refractivity contribution is 5.81. The minimum absolute atomic E-state index is 0.0491. The zero-order valence-corrected chi connectivity index (χ0v) is 8.84. The van der Waals surface area contributed by atoms with Crippen LogP contribution < -0.4 is 11.1 Å². The number of amides is 1. The smallest absolute Gasteiger partial charge is 0.236 e. The third kappa shape index (κ3) is 5.60. The Bertz CT molecular complexity index is 150. The van der Waals surface area contributed by atoms with Crippen LogP contribution in [0.4, 0.5) is 0 Å². The van der Waals surface area contributed by atoms with Gasteiger partial charge in [-0.25, -0.2) is 0 Å². The second-order valence-electron chi connectivity index (χ2n) is 3.20. The van der Waals surface area contributed by atoms with E-state index in [2.05, 4.69) is 17.1 Å². The fourth-order valence-corrected chi connectivity index (χ4v) is 0.845. The van der Waals surface area contributed by atoms with Gasteiger partial charge >= 0.3 is 0 Å². The van der Waals surface area contributed by atoms with E-state index in [4.69, 9.17) is 5.73 Å². The van der Waals surface area contributed by atoms with E-state index in [1.54, 1.807) is 0 Å². The van der Waals surface area contributed by atoms with Crippen LogP contribution in [-0.4, -0.2) is 43.5 Å². The van der Waals surface area contributed by atoms with E-state index in [-0.39, 0.29) is 11.9 Å². The van der Waals surface area contributed by atoms with Crippen molar-refractivity contribution in [2.45, 2.75) is 26.3 Å². The Hall–Kier alpha value is -0.610. The molecule has 0 spiro atoms. The molecule has 4 nitrogen and oxygen atoms in total. The molecule has 0 saturated heterocycles. The maximum Gasteiger partial charge on any atom is 0.236 e. The summed E-state index contributed by atoms with van der Waals surface area (Å²) in [5.41, 5.74) is 5.54. The molecule has 0 fully saturated rings. The minimum atomic E-state index is -0.355. The molecule has 0 aromatic heterocycles. The van der Waals surface area contributed by atoms with Crippen LogP contribution in [0.2, 0.25) is 0 Å². The van der Waals surface area contributed by atoms with Gasteiger partial charge in [0, 0.05) is 13.1 Å². The molecule has 0 aliphatic heterocycles. The zero-order chi connectivity index (χ0) is 10.3. The molecule has 0 aliphatic carbocycles. The predicted octanol–water partition coefficient (Wildman–Crippen LogP) is -0.208. The molecule has 0 bridgehead atoms. The van der Waals surface area contributed by atoms with Gasteiger partial charge in [0.25, 0.3) is 0 Å². The SMILES string of the molecule is CC[C@H](N)C(=O)NCCN(C)CC. The van der Waals surface area contributed by atoms with Crippen LogP contribution in [0.3, 0.4) is 0 Å². The van der Waals surface area contributed by atoms with Gasteiger partial charge in [-0.2, -0.15) is 0 Å². The fourth-order valence-electron chi connectivity index (χ4n) is 0.845. The first-order valence-corrected chi connectivity index (χ1v) is 4.83. The van der Waals surface area contributed by atoms with Crippen molar-refractivity contribution in [3.8, 4) is 0 Å². The number of nitrogens with one attached hydrogen (secondary N) is 1. The number of nitrogens with two attached hydrogens (primary N) is 1. The summed E-state index contributed by atoms with van der Waals surface area (Å²) in [4.78, 5) is 13.3. The molecule has 0 aromatic carbocycles. The predicted molar refractivity (Wildman–Crippen MR) is 54.4 cm³/mol. The van der Waals surface area contributed by atoms with Gasteiger partial charge in [-0.05, 0) is 20.0 Å². The molecule has 0 aliphatic rings. The summed E-state index contributed by atoms with van der Waals surface area (Å²) < 4.78 is 0. The van der Waals surface area contributed by atoms with Gasteiger partial charge in [-0.1, -0.05) is 13.8 Å². The molecule has 0 saturated carbocycles. The van der Waals surface area contributed by atoms with Crippen molar-refractivity contribution in [2.24, 2.45) is 5.73 Å². The Labute approximate surface area is 80.5 Å². The van der Waals surface area contributed by atoms with E-state index in [0.717, 1.165) is 13.1 Å². The molecular formula is C9H21N3O. The van der Waals surface area contributed by atoms with Crippen molar-refractivity contribution in [1.82, 2.24) is 10.2 Å². The lowest BCUT2D eigenvalue weighted by Crippen LogP contribution is -2.42. The number of carbonyl (C=O) groups is 1. The Kier molecular flexibility index (Phi) is 6.54. The normalized spacial score (nSPS) is 13.0. The molecule has 0 aromatic rings. The van der Waals surface area contributed by atoms with Crippen molar-refractivity contribution in [2.75, 3.05) is 26.7 Å². The van der Waals surface area contributed by atoms with Crippen LogP contribution in [0.25, 0.3) is 0 Å². The molecule has 0 unspecified atom stereocenters. The number of nitrogens with zero attached hydrogens (tertiary/aromatic N) is 1. The van der Waals surface area contributed by atoms with E-state index in [1.807, 2.05) is 14.0 Å². The van der Waals surface area contributed by atoms with Crippen LogP contribution in [0.15, 0.2) is 0 Å². The molecule has 3 N–H and O–H groups in total. The number of rotatable bonds is 6. The number of hydrogen-bond donors (Lipinski definition) is 2. The summed E-state index contributed by atoms with van der Waals surface area (Å²) in [5, 5.41) is 2.79. The quantitative estimate of drug-likeness (QED) is 0.605. The first kappa shape index (κ1) is 12.4. The maximum atomic E-state index is 11.2. The zero-order valence-electron chi connectivity index (χ0n) is 8.84. The van der Waals surface area contributed by atoms with E-state index in [1.165, 1.54) is 0 Å². The Morgan fingerprint density at radius 1 is 1.54 bits per heavy atom. The van der Waals surface area contributed by atoms with Crippen molar-refractivity contribution in [1.29, 1.82) is 0 Å². The number of carbonyl (C=O) groups excluding carboxylic acids is 1. The molecule has 4 heteroatoms. The van der Waals surface area contributed by atoms with Crippen LogP contribution in [0.5, 0.6) is 0 Å².